The second kappa shape index (κ2) is 5.67. The maximum atomic E-state index is 11.7. The lowest BCUT2D eigenvalue weighted by molar-refractivity contribution is 0.0950. The van der Waals surface area contributed by atoms with E-state index >= 15 is 0 Å². The van der Waals surface area contributed by atoms with E-state index in [1.54, 1.807) is 12.1 Å². The van der Waals surface area contributed by atoms with Gasteiger partial charge in [0.05, 0.1) is 6.26 Å². The standard InChI is InChI=1S/C14H14N2O2S/c1-9-5-3-6-10(2)12(9)15-14(19)16-13(17)11-7-4-8-18-11/h3-8H,1-2H3,(H2,15,16,17,19). The fraction of sp³-hybridized carbons (Fsp3) is 0.143. The Kier molecular flexibility index (Phi) is 3.97. The Hall–Kier alpha value is -2.14. The van der Waals surface area contributed by atoms with Crippen molar-refractivity contribution in [2.75, 3.05) is 5.32 Å². The predicted molar refractivity (Wildman–Crippen MR) is 78.3 cm³/mol. The van der Waals surface area contributed by atoms with E-state index in [1.807, 2.05) is 32.0 Å². The molecule has 0 saturated carbocycles. The molecule has 0 bridgehead atoms. The van der Waals surface area contributed by atoms with Crippen molar-refractivity contribution < 1.29 is 9.21 Å². The van der Waals surface area contributed by atoms with Crippen LogP contribution < -0.4 is 10.6 Å². The second-order valence-electron chi connectivity index (χ2n) is 4.15. The summed E-state index contributed by atoms with van der Waals surface area (Å²) in [5, 5.41) is 5.85. The number of hydrogen-bond donors (Lipinski definition) is 2. The normalized spacial score (nSPS) is 10.0. The van der Waals surface area contributed by atoms with Crippen molar-refractivity contribution in [1.82, 2.24) is 5.32 Å². The van der Waals surface area contributed by atoms with Gasteiger partial charge in [-0.3, -0.25) is 10.1 Å². The number of hydrogen-bond acceptors (Lipinski definition) is 3. The van der Waals surface area contributed by atoms with E-state index in [0.717, 1.165) is 16.8 Å². The molecule has 0 spiro atoms. The van der Waals surface area contributed by atoms with Crippen LogP contribution in [0.3, 0.4) is 0 Å². The zero-order valence-electron chi connectivity index (χ0n) is 10.7. The molecule has 98 valence electrons. The lowest BCUT2D eigenvalue weighted by Gasteiger charge is -2.13. The number of benzene rings is 1. The van der Waals surface area contributed by atoms with Gasteiger partial charge in [-0.2, -0.15) is 0 Å². The monoisotopic (exact) mass is 274 g/mol. The number of thiocarbonyl (C=S) groups is 1. The summed E-state index contributed by atoms with van der Waals surface area (Å²) in [6.07, 6.45) is 1.44. The van der Waals surface area contributed by atoms with Gasteiger partial charge in [0.1, 0.15) is 0 Å². The van der Waals surface area contributed by atoms with E-state index in [-0.39, 0.29) is 16.8 Å². The molecule has 5 heteroatoms. The molecule has 0 fully saturated rings. The first-order chi connectivity index (χ1) is 9.08. The first-order valence-electron chi connectivity index (χ1n) is 5.80. The second-order valence-corrected chi connectivity index (χ2v) is 4.56. The van der Waals surface area contributed by atoms with Crippen LogP contribution in [0.15, 0.2) is 41.0 Å². The fourth-order valence-electron chi connectivity index (χ4n) is 1.73. The molecule has 1 heterocycles. The molecular weight excluding hydrogens is 260 g/mol. The fourth-order valence-corrected chi connectivity index (χ4v) is 1.92. The quantitative estimate of drug-likeness (QED) is 0.827. The molecule has 2 aromatic rings. The number of furan rings is 1. The summed E-state index contributed by atoms with van der Waals surface area (Å²) in [6.45, 7) is 3.96. The largest absolute Gasteiger partial charge is 0.459 e. The van der Waals surface area contributed by atoms with Gasteiger partial charge in [0, 0.05) is 5.69 Å². The van der Waals surface area contributed by atoms with Gasteiger partial charge in [-0.15, -0.1) is 0 Å². The average molecular weight is 274 g/mol. The molecule has 0 aliphatic rings. The van der Waals surface area contributed by atoms with Gasteiger partial charge in [0.25, 0.3) is 5.91 Å². The summed E-state index contributed by atoms with van der Waals surface area (Å²) in [4.78, 5) is 11.7. The van der Waals surface area contributed by atoms with E-state index in [1.165, 1.54) is 6.26 Å². The van der Waals surface area contributed by atoms with Crippen molar-refractivity contribution in [1.29, 1.82) is 0 Å². The van der Waals surface area contributed by atoms with Gasteiger partial charge in [-0.1, -0.05) is 18.2 Å². The molecule has 2 rings (SSSR count). The van der Waals surface area contributed by atoms with E-state index in [4.69, 9.17) is 16.6 Å². The third-order valence-electron chi connectivity index (χ3n) is 2.69. The van der Waals surface area contributed by atoms with Gasteiger partial charge < -0.3 is 9.73 Å². The Morgan fingerprint density at radius 1 is 1.16 bits per heavy atom. The molecule has 4 nitrogen and oxygen atoms in total. The van der Waals surface area contributed by atoms with Crippen LogP contribution in [0.5, 0.6) is 0 Å². The number of anilines is 1. The minimum absolute atomic E-state index is 0.227. The Morgan fingerprint density at radius 3 is 2.42 bits per heavy atom. The number of aryl methyl sites for hydroxylation is 2. The summed E-state index contributed by atoms with van der Waals surface area (Å²) in [7, 11) is 0. The van der Waals surface area contributed by atoms with Crippen molar-refractivity contribution >= 4 is 28.9 Å². The van der Waals surface area contributed by atoms with Gasteiger partial charge in [0.15, 0.2) is 10.9 Å². The molecule has 1 aromatic heterocycles. The molecule has 0 saturated heterocycles. The van der Waals surface area contributed by atoms with Crippen LogP contribution in [0.4, 0.5) is 5.69 Å². The van der Waals surface area contributed by atoms with E-state index < -0.39 is 0 Å². The summed E-state index contributed by atoms with van der Waals surface area (Å²) >= 11 is 5.12. The Balaban J connectivity index is 2.04. The molecule has 19 heavy (non-hydrogen) atoms. The average Bonchev–Trinajstić information content (AvgIpc) is 2.88. The zero-order chi connectivity index (χ0) is 13.8. The third kappa shape index (κ3) is 3.20. The van der Waals surface area contributed by atoms with Gasteiger partial charge in [-0.05, 0) is 49.3 Å². The van der Waals surface area contributed by atoms with Crippen molar-refractivity contribution in [3.05, 3.63) is 53.5 Å². The van der Waals surface area contributed by atoms with Crippen LogP contribution in [0.1, 0.15) is 21.7 Å². The van der Waals surface area contributed by atoms with E-state index in [2.05, 4.69) is 10.6 Å². The SMILES string of the molecule is Cc1cccc(C)c1NC(=S)NC(=O)c1ccco1. The summed E-state index contributed by atoms with van der Waals surface area (Å²) in [6, 6.07) is 9.16. The van der Waals surface area contributed by atoms with Crippen molar-refractivity contribution in [3.63, 3.8) is 0 Å². The zero-order valence-corrected chi connectivity index (χ0v) is 11.5. The molecular formula is C14H14N2O2S. The maximum absolute atomic E-state index is 11.7. The number of amides is 1. The Morgan fingerprint density at radius 2 is 1.84 bits per heavy atom. The van der Waals surface area contributed by atoms with Gasteiger partial charge in [-0.25, -0.2) is 0 Å². The first-order valence-corrected chi connectivity index (χ1v) is 6.21. The van der Waals surface area contributed by atoms with E-state index in [9.17, 15) is 4.79 Å². The number of carbonyl (C=O) groups is 1. The first kappa shape index (κ1) is 13.3. The minimum Gasteiger partial charge on any atom is -0.459 e. The van der Waals surface area contributed by atoms with Gasteiger partial charge >= 0.3 is 0 Å². The molecule has 2 N–H and O–H groups in total. The Bertz CT molecular complexity index is 586. The van der Waals surface area contributed by atoms with E-state index in [0.29, 0.717) is 0 Å². The molecule has 0 unspecified atom stereocenters. The number of nitrogens with one attached hydrogen (secondary N) is 2. The highest BCUT2D eigenvalue weighted by Gasteiger charge is 2.11. The highest BCUT2D eigenvalue weighted by Crippen LogP contribution is 2.19. The van der Waals surface area contributed by atoms with Crippen molar-refractivity contribution in [3.8, 4) is 0 Å². The minimum atomic E-state index is -0.367. The molecule has 0 atom stereocenters. The van der Waals surface area contributed by atoms with Crippen LogP contribution in [0.25, 0.3) is 0 Å². The van der Waals surface area contributed by atoms with Gasteiger partial charge in [0.2, 0.25) is 0 Å². The molecule has 0 radical (unpaired) electrons. The predicted octanol–water partition coefficient (Wildman–Crippen LogP) is 3.02. The summed E-state index contributed by atoms with van der Waals surface area (Å²) in [5.74, 6) is -0.139. The van der Waals surface area contributed by atoms with Crippen LogP contribution in [0.2, 0.25) is 0 Å². The number of rotatable bonds is 2. The highest BCUT2D eigenvalue weighted by atomic mass is 32.1. The van der Waals surface area contributed by atoms with Crippen molar-refractivity contribution in [2.24, 2.45) is 0 Å². The lowest BCUT2D eigenvalue weighted by atomic mass is 10.1. The molecule has 0 aliphatic carbocycles. The summed E-state index contributed by atoms with van der Waals surface area (Å²) in [5.41, 5.74) is 3.04. The Labute approximate surface area is 116 Å². The molecule has 0 aliphatic heterocycles. The lowest BCUT2D eigenvalue weighted by Crippen LogP contribution is -2.34. The molecule has 1 amide bonds. The number of carbonyl (C=O) groups excluding carboxylic acids is 1. The maximum Gasteiger partial charge on any atom is 0.293 e. The number of para-hydroxylation sites is 1. The van der Waals surface area contributed by atoms with Crippen LogP contribution in [-0.2, 0) is 0 Å². The van der Waals surface area contributed by atoms with Crippen LogP contribution in [-0.4, -0.2) is 11.0 Å². The smallest absolute Gasteiger partial charge is 0.293 e. The highest BCUT2D eigenvalue weighted by molar-refractivity contribution is 7.80. The summed E-state index contributed by atoms with van der Waals surface area (Å²) < 4.78 is 4.99. The topological polar surface area (TPSA) is 54.3 Å². The van der Waals surface area contributed by atoms with Crippen LogP contribution >= 0.6 is 12.2 Å². The van der Waals surface area contributed by atoms with Crippen LogP contribution in [0, 0.1) is 13.8 Å². The third-order valence-corrected chi connectivity index (χ3v) is 2.90. The molecule has 1 aromatic carbocycles. The van der Waals surface area contributed by atoms with Crippen molar-refractivity contribution in [2.45, 2.75) is 13.8 Å².